The number of halogens is 2. The molecule has 0 atom stereocenters. The van der Waals surface area contributed by atoms with Crippen LogP contribution in [0.5, 0.6) is 46.3 Å². The quantitative estimate of drug-likeness (QED) is 0.118. The van der Waals surface area contributed by atoms with Crippen LogP contribution in [0.25, 0.3) is 0 Å². The first kappa shape index (κ1) is 30.0. The Morgan fingerprint density at radius 1 is 0.837 bits per heavy atom. The Bertz CT molecular complexity index is 1750. The number of phenolic OH excluding ortho intramolecular Hbond substituents is 2. The number of nitrogen functional groups attached to an aromatic ring is 1. The summed E-state index contributed by atoms with van der Waals surface area (Å²) in [7, 11) is 4.20. The maximum Gasteiger partial charge on any atom is 0.337 e. The molecule has 0 spiro atoms. The molecule has 4 aromatic rings. The first-order valence-corrected chi connectivity index (χ1v) is 12.2. The highest BCUT2D eigenvalue weighted by Gasteiger charge is 2.28. The van der Waals surface area contributed by atoms with Crippen molar-refractivity contribution >= 4 is 17.7 Å². The van der Waals surface area contributed by atoms with Gasteiger partial charge in [-0.25, -0.2) is 4.79 Å². The van der Waals surface area contributed by atoms with Crippen molar-refractivity contribution in [1.29, 1.82) is 5.41 Å². The number of hydrogen-bond acceptors (Lipinski definition) is 10. The van der Waals surface area contributed by atoms with Crippen molar-refractivity contribution in [2.75, 3.05) is 21.2 Å². The van der Waals surface area contributed by atoms with Gasteiger partial charge >= 0.3 is 5.97 Å². The largest absolute Gasteiger partial charge is 0.504 e. The zero-order valence-corrected chi connectivity index (χ0v) is 22.8. The fourth-order valence-corrected chi connectivity index (χ4v) is 3.59. The molecule has 0 unspecified atom stereocenters. The summed E-state index contributed by atoms with van der Waals surface area (Å²) in [5.41, 5.74) is 5.73. The average molecular weight is 595 g/mol. The Morgan fingerprint density at radius 3 is 2.14 bits per heavy atom. The number of esters is 1. The lowest BCUT2D eigenvalue weighted by Gasteiger charge is -2.16. The highest BCUT2D eigenvalue weighted by Crippen LogP contribution is 2.42. The summed E-state index contributed by atoms with van der Waals surface area (Å²) in [6.45, 7) is 0. The maximum absolute atomic E-state index is 15.7. The molecule has 0 saturated heterocycles. The van der Waals surface area contributed by atoms with Gasteiger partial charge in [0.2, 0.25) is 17.4 Å². The van der Waals surface area contributed by atoms with E-state index in [0.29, 0.717) is 0 Å². The van der Waals surface area contributed by atoms with E-state index in [0.717, 1.165) is 31.4 Å². The standard InChI is InChI=1S/C29H24F2N4O8/c1-35(2)28(38)15-5-4-6-17(11-15)41-26-22(30)24(42-20-10-8-16(12-19(20)37)29(39)40-3)23(31)27(34-26)43-21-13-14(25(32)33)7-9-18(21)36/h4-13,36-37H,1-3H3,(H3,32,33). The van der Waals surface area contributed by atoms with E-state index in [1.807, 2.05) is 0 Å². The number of amides is 1. The Labute approximate surface area is 242 Å². The normalized spacial score (nSPS) is 10.5. The minimum Gasteiger partial charge on any atom is -0.504 e. The molecule has 0 aliphatic carbocycles. The van der Waals surface area contributed by atoms with Crippen LogP contribution in [0.4, 0.5) is 8.78 Å². The van der Waals surface area contributed by atoms with Gasteiger partial charge in [-0.3, -0.25) is 10.2 Å². The SMILES string of the molecule is COC(=O)c1ccc(Oc2c(F)c(Oc3cccc(C(=O)N(C)C)c3)nc(Oc3cc(C(=N)N)ccc3O)c2F)c(O)c1. The molecule has 1 aromatic heterocycles. The molecule has 14 heteroatoms. The fourth-order valence-electron chi connectivity index (χ4n) is 3.59. The predicted molar refractivity (Wildman–Crippen MR) is 147 cm³/mol. The molecule has 0 saturated carbocycles. The molecule has 1 amide bonds. The minimum atomic E-state index is -1.51. The molecule has 0 aliphatic rings. The first-order chi connectivity index (χ1) is 20.4. The smallest absolute Gasteiger partial charge is 0.337 e. The lowest BCUT2D eigenvalue weighted by Crippen LogP contribution is -2.21. The third kappa shape index (κ3) is 6.53. The first-order valence-electron chi connectivity index (χ1n) is 12.2. The maximum atomic E-state index is 15.7. The fraction of sp³-hybridized carbons (Fsp3) is 0.103. The van der Waals surface area contributed by atoms with Gasteiger partial charge in [0.15, 0.2) is 23.0 Å². The van der Waals surface area contributed by atoms with Gasteiger partial charge in [0.05, 0.1) is 12.7 Å². The van der Waals surface area contributed by atoms with Crippen molar-refractivity contribution in [3.05, 3.63) is 89.0 Å². The number of pyridine rings is 1. The molecule has 12 nitrogen and oxygen atoms in total. The van der Waals surface area contributed by atoms with Crippen molar-refractivity contribution in [2.45, 2.75) is 0 Å². The second kappa shape index (κ2) is 12.3. The molecule has 0 fully saturated rings. The van der Waals surface area contributed by atoms with Gasteiger partial charge in [-0.15, -0.1) is 0 Å². The van der Waals surface area contributed by atoms with Crippen LogP contribution in [-0.4, -0.2) is 59.0 Å². The van der Waals surface area contributed by atoms with Crippen molar-refractivity contribution in [1.82, 2.24) is 9.88 Å². The number of carbonyl (C=O) groups excluding carboxylic acids is 2. The van der Waals surface area contributed by atoms with Gasteiger partial charge < -0.3 is 39.8 Å². The molecule has 1 heterocycles. The van der Waals surface area contributed by atoms with Crippen molar-refractivity contribution in [3.63, 3.8) is 0 Å². The summed E-state index contributed by atoms with van der Waals surface area (Å²) >= 11 is 0. The van der Waals surface area contributed by atoms with E-state index in [9.17, 15) is 19.8 Å². The zero-order valence-electron chi connectivity index (χ0n) is 22.8. The molecule has 4 rings (SSSR count). The Kier molecular flexibility index (Phi) is 8.60. The predicted octanol–water partition coefficient (Wildman–Crippen LogP) is 4.92. The summed E-state index contributed by atoms with van der Waals surface area (Å²) in [6.07, 6.45) is 0. The molecule has 0 bridgehead atoms. The van der Waals surface area contributed by atoms with Crippen molar-refractivity contribution < 1.29 is 47.5 Å². The summed E-state index contributed by atoms with van der Waals surface area (Å²) in [5, 5.41) is 28.2. The van der Waals surface area contributed by atoms with E-state index in [-0.39, 0.29) is 34.2 Å². The van der Waals surface area contributed by atoms with E-state index in [1.54, 1.807) is 0 Å². The topological polar surface area (TPSA) is 178 Å². The monoisotopic (exact) mass is 594 g/mol. The third-order valence-electron chi connectivity index (χ3n) is 5.75. The molecule has 0 radical (unpaired) electrons. The summed E-state index contributed by atoms with van der Waals surface area (Å²) in [6, 6.07) is 12.4. The molecule has 3 aromatic carbocycles. The number of nitrogens with two attached hydrogens (primary N) is 1. The van der Waals surface area contributed by atoms with Crippen LogP contribution in [-0.2, 0) is 4.74 Å². The highest BCUT2D eigenvalue weighted by molar-refractivity contribution is 5.95. The zero-order chi connectivity index (χ0) is 31.4. The molecule has 222 valence electrons. The molecule has 5 N–H and O–H groups in total. The molecule has 0 aliphatic heterocycles. The second-order valence-corrected chi connectivity index (χ2v) is 8.98. The molecule has 43 heavy (non-hydrogen) atoms. The number of nitrogens with zero attached hydrogens (tertiary/aromatic N) is 2. The number of aromatic nitrogens is 1. The van der Waals surface area contributed by atoms with Crippen LogP contribution in [0.3, 0.4) is 0 Å². The van der Waals surface area contributed by atoms with Crippen LogP contribution in [0.1, 0.15) is 26.3 Å². The Morgan fingerprint density at radius 2 is 1.51 bits per heavy atom. The third-order valence-corrected chi connectivity index (χ3v) is 5.75. The average Bonchev–Trinajstić information content (AvgIpc) is 2.98. The van der Waals surface area contributed by atoms with E-state index < -0.39 is 58.1 Å². The lowest BCUT2D eigenvalue weighted by molar-refractivity contribution is 0.0600. The van der Waals surface area contributed by atoms with Gasteiger partial charge in [0.25, 0.3) is 17.7 Å². The summed E-state index contributed by atoms with van der Waals surface area (Å²) in [5.74, 6) is -9.53. The van der Waals surface area contributed by atoms with Crippen LogP contribution < -0.4 is 19.9 Å². The van der Waals surface area contributed by atoms with Crippen LogP contribution >= 0.6 is 0 Å². The van der Waals surface area contributed by atoms with E-state index in [4.69, 9.17) is 25.4 Å². The Balaban J connectivity index is 1.82. The van der Waals surface area contributed by atoms with E-state index in [1.165, 1.54) is 55.4 Å². The van der Waals surface area contributed by atoms with E-state index in [2.05, 4.69) is 9.72 Å². The second-order valence-electron chi connectivity index (χ2n) is 8.98. The number of ether oxygens (including phenoxy) is 4. The van der Waals surface area contributed by atoms with Crippen LogP contribution in [0.15, 0.2) is 60.7 Å². The van der Waals surface area contributed by atoms with Gasteiger partial charge in [-0.05, 0) is 54.6 Å². The van der Waals surface area contributed by atoms with Gasteiger partial charge in [0, 0.05) is 25.2 Å². The molecular formula is C29H24F2N4O8. The number of nitrogens with one attached hydrogen (secondary N) is 1. The number of methoxy groups -OCH3 is 1. The summed E-state index contributed by atoms with van der Waals surface area (Å²) in [4.78, 5) is 29.3. The summed E-state index contributed by atoms with van der Waals surface area (Å²) < 4.78 is 52.3. The Hall–Kier alpha value is -5.92. The van der Waals surface area contributed by atoms with Gasteiger partial charge in [-0.2, -0.15) is 13.8 Å². The number of rotatable bonds is 9. The number of carbonyl (C=O) groups is 2. The van der Waals surface area contributed by atoms with Gasteiger partial charge in [0.1, 0.15) is 11.6 Å². The number of hydrogen-bond donors (Lipinski definition) is 4. The van der Waals surface area contributed by atoms with E-state index >= 15 is 8.78 Å². The van der Waals surface area contributed by atoms with Crippen LogP contribution in [0, 0.1) is 17.0 Å². The number of benzene rings is 3. The lowest BCUT2D eigenvalue weighted by atomic mass is 10.2. The van der Waals surface area contributed by atoms with Crippen molar-refractivity contribution in [2.24, 2.45) is 5.73 Å². The minimum absolute atomic E-state index is 0.0608. The van der Waals surface area contributed by atoms with Crippen molar-refractivity contribution in [3.8, 4) is 46.3 Å². The number of amidine groups is 1. The molecular weight excluding hydrogens is 570 g/mol. The number of aromatic hydroxyl groups is 2. The highest BCUT2D eigenvalue weighted by atomic mass is 19.1. The van der Waals surface area contributed by atoms with Gasteiger partial charge in [-0.1, -0.05) is 6.07 Å². The number of phenols is 2. The van der Waals surface area contributed by atoms with Crippen LogP contribution in [0.2, 0.25) is 0 Å².